The number of fused-ring (bicyclic) bond motifs is 3. The number of hydrogen-bond acceptors (Lipinski definition) is 2. The van der Waals surface area contributed by atoms with E-state index < -0.39 is 0 Å². The third-order valence-electron chi connectivity index (χ3n) is 7.46. The molecule has 6 aromatic rings. The highest BCUT2D eigenvalue weighted by atomic mass is 15.1. The standard InChI is InChI=1S/C33H29N3/c1-22-15-18-32(35-23(22)2)36-29-13-6-5-12-27(29)28-17-16-25(21-30(28)36)24-10-9-11-26(20-24)33(3,4)31-14-7-8-19-34-31/h5-21H,1-4H3. The number of pyridine rings is 2. The van der Waals surface area contributed by atoms with Gasteiger partial charge in [0.25, 0.3) is 0 Å². The van der Waals surface area contributed by atoms with Crippen molar-refractivity contribution in [2.45, 2.75) is 33.1 Å². The van der Waals surface area contributed by atoms with E-state index in [1.165, 1.54) is 44.1 Å². The van der Waals surface area contributed by atoms with Gasteiger partial charge in [-0.2, -0.15) is 0 Å². The molecule has 0 saturated heterocycles. The lowest BCUT2D eigenvalue weighted by molar-refractivity contribution is 0.617. The normalized spacial score (nSPS) is 11.9. The summed E-state index contributed by atoms with van der Waals surface area (Å²) < 4.78 is 2.29. The van der Waals surface area contributed by atoms with Gasteiger partial charge in [0.1, 0.15) is 5.82 Å². The van der Waals surface area contributed by atoms with Gasteiger partial charge in [0.05, 0.1) is 16.7 Å². The molecule has 0 fully saturated rings. The first-order valence-electron chi connectivity index (χ1n) is 12.4. The number of nitrogens with zero attached hydrogens (tertiary/aromatic N) is 3. The molecule has 0 radical (unpaired) electrons. The number of hydrogen-bond donors (Lipinski definition) is 0. The summed E-state index contributed by atoms with van der Waals surface area (Å²) in [5, 5.41) is 2.48. The molecule has 3 heteroatoms. The van der Waals surface area contributed by atoms with E-state index in [9.17, 15) is 0 Å². The Morgan fingerprint density at radius 3 is 2.25 bits per heavy atom. The van der Waals surface area contributed by atoms with Crippen LogP contribution in [-0.4, -0.2) is 14.5 Å². The van der Waals surface area contributed by atoms with E-state index in [2.05, 4.69) is 128 Å². The number of rotatable bonds is 4. The van der Waals surface area contributed by atoms with Crippen LogP contribution in [0.15, 0.2) is 103 Å². The van der Waals surface area contributed by atoms with Gasteiger partial charge in [-0.1, -0.05) is 80.6 Å². The zero-order valence-corrected chi connectivity index (χ0v) is 21.2. The molecule has 0 saturated carbocycles. The number of para-hydroxylation sites is 1. The van der Waals surface area contributed by atoms with Crippen LogP contribution < -0.4 is 0 Å². The number of aromatic nitrogens is 3. The van der Waals surface area contributed by atoms with Gasteiger partial charge in [0, 0.05) is 28.1 Å². The van der Waals surface area contributed by atoms with E-state index in [1.54, 1.807) is 0 Å². The summed E-state index contributed by atoms with van der Waals surface area (Å²) in [5.41, 5.74) is 9.10. The van der Waals surface area contributed by atoms with Gasteiger partial charge in [0.2, 0.25) is 0 Å². The fourth-order valence-electron chi connectivity index (χ4n) is 5.11. The smallest absolute Gasteiger partial charge is 0.137 e. The molecule has 3 nitrogen and oxygen atoms in total. The van der Waals surface area contributed by atoms with Gasteiger partial charge in [-0.05, 0) is 66.4 Å². The second kappa shape index (κ2) is 8.46. The summed E-state index contributed by atoms with van der Waals surface area (Å²) in [6.07, 6.45) is 1.87. The molecular weight excluding hydrogens is 438 g/mol. The van der Waals surface area contributed by atoms with Crippen molar-refractivity contribution in [2.24, 2.45) is 0 Å². The van der Waals surface area contributed by atoms with Crippen LogP contribution in [0.4, 0.5) is 0 Å². The lowest BCUT2D eigenvalue weighted by atomic mass is 9.80. The first-order valence-corrected chi connectivity index (χ1v) is 12.4. The summed E-state index contributed by atoms with van der Waals surface area (Å²) in [6, 6.07) is 34.6. The van der Waals surface area contributed by atoms with Crippen LogP contribution in [0, 0.1) is 13.8 Å². The predicted molar refractivity (Wildman–Crippen MR) is 150 cm³/mol. The van der Waals surface area contributed by atoms with E-state index in [0.717, 1.165) is 17.2 Å². The van der Waals surface area contributed by atoms with Crippen molar-refractivity contribution in [3.63, 3.8) is 0 Å². The highest BCUT2D eigenvalue weighted by Crippen LogP contribution is 2.36. The Morgan fingerprint density at radius 2 is 1.44 bits per heavy atom. The molecule has 0 amide bonds. The molecule has 3 heterocycles. The van der Waals surface area contributed by atoms with E-state index in [4.69, 9.17) is 4.98 Å². The molecule has 0 bridgehead atoms. The van der Waals surface area contributed by atoms with E-state index in [1.807, 2.05) is 12.3 Å². The molecule has 36 heavy (non-hydrogen) atoms. The third-order valence-corrected chi connectivity index (χ3v) is 7.46. The maximum absolute atomic E-state index is 4.95. The van der Waals surface area contributed by atoms with Crippen molar-refractivity contribution >= 4 is 21.8 Å². The van der Waals surface area contributed by atoms with Gasteiger partial charge >= 0.3 is 0 Å². The van der Waals surface area contributed by atoms with Crippen molar-refractivity contribution in [1.82, 2.24) is 14.5 Å². The van der Waals surface area contributed by atoms with Crippen LogP contribution in [0.1, 0.15) is 36.4 Å². The van der Waals surface area contributed by atoms with Gasteiger partial charge < -0.3 is 0 Å². The van der Waals surface area contributed by atoms with Crippen molar-refractivity contribution in [3.05, 3.63) is 126 Å². The zero-order valence-electron chi connectivity index (χ0n) is 21.2. The van der Waals surface area contributed by atoms with E-state index >= 15 is 0 Å². The quantitative estimate of drug-likeness (QED) is 0.262. The van der Waals surface area contributed by atoms with Gasteiger partial charge in [-0.25, -0.2) is 4.98 Å². The molecule has 0 aliphatic rings. The van der Waals surface area contributed by atoms with E-state index in [-0.39, 0.29) is 5.41 Å². The Kier molecular flexibility index (Phi) is 5.22. The minimum Gasteiger partial charge on any atom is -0.294 e. The first kappa shape index (κ1) is 22.2. The molecule has 0 unspecified atom stereocenters. The molecule has 0 spiro atoms. The molecule has 6 rings (SSSR count). The second-order valence-electron chi connectivity index (χ2n) is 10.1. The van der Waals surface area contributed by atoms with Gasteiger partial charge in [0.15, 0.2) is 0 Å². The third kappa shape index (κ3) is 3.59. The summed E-state index contributed by atoms with van der Waals surface area (Å²) in [7, 11) is 0. The fourth-order valence-corrected chi connectivity index (χ4v) is 5.11. The highest BCUT2D eigenvalue weighted by Gasteiger charge is 2.25. The minimum atomic E-state index is -0.195. The van der Waals surface area contributed by atoms with Gasteiger partial charge in [-0.3, -0.25) is 9.55 Å². The van der Waals surface area contributed by atoms with Crippen LogP contribution >= 0.6 is 0 Å². The van der Waals surface area contributed by atoms with Crippen LogP contribution in [0.2, 0.25) is 0 Å². The van der Waals surface area contributed by atoms with Crippen molar-refractivity contribution in [1.29, 1.82) is 0 Å². The van der Waals surface area contributed by atoms with Crippen molar-refractivity contribution < 1.29 is 0 Å². The Labute approximate surface area is 212 Å². The van der Waals surface area contributed by atoms with Crippen LogP contribution in [0.25, 0.3) is 38.8 Å². The topological polar surface area (TPSA) is 30.7 Å². The van der Waals surface area contributed by atoms with Crippen LogP contribution in [0.3, 0.4) is 0 Å². The fraction of sp³-hybridized carbons (Fsp3) is 0.152. The molecule has 0 N–H and O–H groups in total. The molecule has 0 aliphatic carbocycles. The Hall–Kier alpha value is -4.24. The average Bonchev–Trinajstić information content (AvgIpc) is 3.24. The Balaban J connectivity index is 1.54. The average molecular weight is 468 g/mol. The lowest BCUT2D eigenvalue weighted by Crippen LogP contribution is -2.20. The Bertz CT molecular complexity index is 1730. The molecule has 3 aromatic carbocycles. The second-order valence-corrected chi connectivity index (χ2v) is 10.1. The minimum absolute atomic E-state index is 0.195. The van der Waals surface area contributed by atoms with Crippen molar-refractivity contribution in [2.75, 3.05) is 0 Å². The molecule has 0 aliphatic heterocycles. The molecule has 176 valence electrons. The highest BCUT2D eigenvalue weighted by molar-refractivity contribution is 6.10. The molecule has 0 atom stereocenters. The molecule has 3 aromatic heterocycles. The number of benzene rings is 3. The molecular formula is C33H29N3. The van der Waals surface area contributed by atoms with Crippen LogP contribution in [0.5, 0.6) is 0 Å². The summed E-state index contributed by atoms with van der Waals surface area (Å²) >= 11 is 0. The first-order chi connectivity index (χ1) is 17.4. The summed E-state index contributed by atoms with van der Waals surface area (Å²) in [5.74, 6) is 0.950. The SMILES string of the molecule is Cc1ccc(-n2c3ccccc3c3ccc(-c4cccc(C(C)(C)c5ccccn5)c4)cc32)nc1C. The largest absolute Gasteiger partial charge is 0.294 e. The van der Waals surface area contributed by atoms with E-state index in [0.29, 0.717) is 0 Å². The van der Waals surface area contributed by atoms with Crippen LogP contribution in [-0.2, 0) is 5.41 Å². The van der Waals surface area contributed by atoms with Crippen molar-refractivity contribution in [3.8, 4) is 16.9 Å². The Morgan fingerprint density at radius 1 is 0.667 bits per heavy atom. The monoisotopic (exact) mass is 467 g/mol. The maximum Gasteiger partial charge on any atom is 0.137 e. The summed E-state index contributed by atoms with van der Waals surface area (Å²) in [6.45, 7) is 8.66. The summed E-state index contributed by atoms with van der Waals surface area (Å²) in [4.78, 5) is 9.60. The predicted octanol–water partition coefficient (Wildman–Crippen LogP) is 8.18. The zero-order chi connectivity index (χ0) is 24.9. The maximum atomic E-state index is 4.95. The van der Waals surface area contributed by atoms with Gasteiger partial charge in [-0.15, -0.1) is 0 Å². The number of aryl methyl sites for hydroxylation is 2. The lowest BCUT2D eigenvalue weighted by Gasteiger charge is -2.25.